The van der Waals surface area contributed by atoms with Crippen LogP contribution in [0.25, 0.3) is 17.0 Å². The van der Waals surface area contributed by atoms with E-state index in [-0.39, 0.29) is 18.1 Å². The molecule has 1 amide bonds. The molecule has 0 saturated heterocycles. The highest BCUT2D eigenvalue weighted by molar-refractivity contribution is 6.10. The Kier molecular flexibility index (Phi) is 5.87. The SMILES string of the molecule is CCOC(=O)Cn1cc(/C=C(\C#N)C(=O)Nc2ccccc2)c2ccccc21. The summed E-state index contributed by atoms with van der Waals surface area (Å²) < 4.78 is 6.77. The van der Waals surface area contributed by atoms with Gasteiger partial charge in [0, 0.05) is 28.4 Å². The minimum Gasteiger partial charge on any atom is -0.465 e. The first-order valence-electron chi connectivity index (χ1n) is 8.84. The topological polar surface area (TPSA) is 84.1 Å². The fourth-order valence-electron chi connectivity index (χ4n) is 2.89. The van der Waals surface area contributed by atoms with Gasteiger partial charge >= 0.3 is 5.97 Å². The van der Waals surface area contributed by atoms with Gasteiger partial charge in [-0.1, -0.05) is 36.4 Å². The van der Waals surface area contributed by atoms with Crippen molar-refractivity contribution in [1.29, 1.82) is 5.26 Å². The van der Waals surface area contributed by atoms with Gasteiger partial charge in [-0.05, 0) is 31.2 Å². The average molecular weight is 373 g/mol. The number of anilines is 1. The smallest absolute Gasteiger partial charge is 0.325 e. The number of aromatic nitrogens is 1. The molecule has 0 aliphatic carbocycles. The van der Waals surface area contributed by atoms with Crippen molar-refractivity contribution in [3.8, 4) is 6.07 Å². The van der Waals surface area contributed by atoms with Gasteiger partial charge in [-0.3, -0.25) is 9.59 Å². The van der Waals surface area contributed by atoms with Crippen molar-refractivity contribution in [3.63, 3.8) is 0 Å². The molecule has 0 radical (unpaired) electrons. The van der Waals surface area contributed by atoms with E-state index in [1.807, 2.05) is 36.4 Å². The summed E-state index contributed by atoms with van der Waals surface area (Å²) in [4.78, 5) is 24.4. The summed E-state index contributed by atoms with van der Waals surface area (Å²) in [5.74, 6) is -0.836. The molecule has 28 heavy (non-hydrogen) atoms. The number of esters is 1. The number of nitriles is 1. The summed E-state index contributed by atoms with van der Waals surface area (Å²) in [6.07, 6.45) is 3.27. The van der Waals surface area contributed by atoms with E-state index in [2.05, 4.69) is 5.32 Å². The van der Waals surface area contributed by atoms with Crippen LogP contribution in [0.3, 0.4) is 0 Å². The van der Waals surface area contributed by atoms with Crippen LogP contribution in [0.15, 0.2) is 66.4 Å². The lowest BCUT2D eigenvalue weighted by Gasteiger charge is -2.04. The molecule has 1 heterocycles. The third kappa shape index (κ3) is 4.27. The molecule has 0 bridgehead atoms. The van der Waals surface area contributed by atoms with Crippen LogP contribution in [0.1, 0.15) is 12.5 Å². The van der Waals surface area contributed by atoms with Crippen molar-refractivity contribution < 1.29 is 14.3 Å². The van der Waals surface area contributed by atoms with E-state index < -0.39 is 5.91 Å². The van der Waals surface area contributed by atoms with Crippen molar-refractivity contribution in [2.45, 2.75) is 13.5 Å². The molecule has 0 fully saturated rings. The number of para-hydroxylation sites is 2. The zero-order valence-corrected chi connectivity index (χ0v) is 15.4. The molecule has 1 N–H and O–H groups in total. The molecular weight excluding hydrogens is 354 g/mol. The maximum atomic E-state index is 12.5. The van der Waals surface area contributed by atoms with E-state index >= 15 is 0 Å². The molecule has 0 unspecified atom stereocenters. The van der Waals surface area contributed by atoms with Crippen LogP contribution in [-0.4, -0.2) is 23.1 Å². The zero-order chi connectivity index (χ0) is 19.9. The molecule has 6 heteroatoms. The summed E-state index contributed by atoms with van der Waals surface area (Å²) in [7, 11) is 0. The number of carbonyl (C=O) groups is 2. The molecule has 3 rings (SSSR count). The lowest BCUT2D eigenvalue weighted by molar-refractivity contribution is -0.143. The van der Waals surface area contributed by atoms with E-state index in [1.165, 1.54) is 6.08 Å². The minimum absolute atomic E-state index is 0.0251. The molecule has 0 saturated carbocycles. The Balaban J connectivity index is 1.94. The molecule has 0 atom stereocenters. The first-order chi connectivity index (χ1) is 13.6. The maximum absolute atomic E-state index is 12.5. The second-order valence-electron chi connectivity index (χ2n) is 6.02. The van der Waals surface area contributed by atoms with E-state index in [0.717, 1.165) is 10.9 Å². The molecule has 6 nitrogen and oxygen atoms in total. The number of carbonyl (C=O) groups excluding carboxylic acids is 2. The fourth-order valence-corrected chi connectivity index (χ4v) is 2.89. The second-order valence-corrected chi connectivity index (χ2v) is 6.02. The van der Waals surface area contributed by atoms with Crippen LogP contribution in [0.4, 0.5) is 5.69 Å². The monoisotopic (exact) mass is 373 g/mol. The normalized spacial score (nSPS) is 11.1. The fraction of sp³-hybridized carbons (Fsp3) is 0.136. The van der Waals surface area contributed by atoms with Crippen LogP contribution in [-0.2, 0) is 20.9 Å². The summed E-state index contributed by atoms with van der Waals surface area (Å²) in [6, 6.07) is 18.4. The quantitative estimate of drug-likeness (QED) is 0.405. The number of fused-ring (bicyclic) bond motifs is 1. The second kappa shape index (κ2) is 8.69. The van der Waals surface area contributed by atoms with Crippen molar-refractivity contribution in [3.05, 3.63) is 71.9 Å². The van der Waals surface area contributed by atoms with E-state index in [0.29, 0.717) is 17.9 Å². The van der Waals surface area contributed by atoms with Gasteiger partial charge < -0.3 is 14.6 Å². The molecule has 0 spiro atoms. The van der Waals surface area contributed by atoms with Gasteiger partial charge in [-0.25, -0.2) is 0 Å². The van der Waals surface area contributed by atoms with Crippen molar-refractivity contribution in [2.75, 3.05) is 11.9 Å². The number of rotatable bonds is 6. The van der Waals surface area contributed by atoms with Gasteiger partial charge in [0.15, 0.2) is 0 Å². The Morgan fingerprint density at radius 1 is 1.14 bits per heavy atom. The molecular formula is C22H19N3O3. The predicted molar refractivity (Wildman–Crippen MR) is 107 cm³/mol. The molecule has 3 aromatic rings. The van der Waals surface area contributed by atoms with Crippen molar-refractivity contribution in [2.24, 2.45) is 0 Å². The number of nitrogens with one attached hydrogen (secondary N) is 1. The van der Waals surface area contributed by atoms with E-state index in [1.54, 1.807) is 42.0 Å². The Labute approximate surface area is 162 Å². The van der Waals surface area contributed by atoms with Gasteiger partial charge in [0.05, 0.1) is 6.61 Å². The van der Waals surface area contributed by atoms with E-state index in [4.69, 9.17) is 4.74 Å². The first kappa shape index (κ1) is 18.9. The van der Waals surface area contributed by atoms with Crippen molar-refractivity contribution >= 4 is 34.5 Å². The van der Waals surface area contributed by atoms with Crippen LogP contribution in [0.2, 0.25) is 0 Å². The van der Waals surface area contributed by atoms with Crippen LogP contribution in [0, 0.1) is 11.3 Å². The number of amides is 1. The third-order valence-corrected chi connectivity index (χ3v) is 4.12. The number of nitrogens with zero attached hydrogens (tertiary/aromatic N) is 2. The molecule has 1 aromatic heterocycles. The number of benzene rings is 2. The third-order valence-electron chi connectivity index (χ3n) is 4.12. The van der Waals surface area contributed by atoms with Crippen LogP contribution < -0.4 is 5.32 Å². The largest absolute Gasteiger partial charge is 0.465 e. The lowest BCUT2D eigenvalue weighted by atomic mass is 10.1. The van der Waals surface area contributed by atoms with Crippen LogP contribution in [0.5, 0.6) is 0 Å². The molecule has 140 valence electrons. The summed E-state index contributed by atoms with van der Waals surface area (Å²) in [6.45, 7) is 2.12. The highest BCUT2D eigenvalue weighted by Crippen LogP contribution is 2.24. The first-order valence-corrected chi connectivity index (χ1v) is 8.84. The zero-order valence-electron chi connectivity index (χ0n) is 15.4. The maximum Gasteiger partial charge on any atom is 0.325 e. The number of hydrogen-bond donors (Lipinski definition) is 1. The Morgan fingerprint density at radius 3 is 2.57 bits per heavy atom. The number of ether oxygens (including phenoxy) is 1. The van der Waals surface area contributed by atoms with Gasteiger partial charge in [-0.15, -0.1) is 0 Å². The standard InChI is InChI=1S/C22H19N3O3/c1-2-28-21(26)15-25-14-17(19-10-6-7-11-20(19)25)12-16(13-23)22(27)24-18-8-4-3-5-9-18/h3-12,14H,2,15H2,1H3,(H,24,27)/b16-12+. The highest BCUT2D eigenvalue weighted by Gasteiger charge is 2.14. The highest BCUT2D eigenvalue weighted by atomic mass is 16.5. The lowest BCUT2D eigenvalue weighted by Crippen LogP contribution is -2.13. The Bertz CT molecular complexity index is 1080. The predicted octanol–water partition coefficient (Wildman–Crippen LogP) is 3.75. The summed E-state index contributed by atoms with van der Waals surface area (Å²) in [5, 5.41) is 13.0. The van der Waals surface area contributed by atoms with Crippen molar-refractivity contribution in [1.82, 2.24) is 4.57 Å². The number of hydrogen-bond acceptors (Lipinski definition) is 4. The minimum atomic E-state index is -0.490. The van der Waals surface area contributed by atoms with Gasteiger partial charge in [0.2, 0.25) is 0 Å². The van der Waals surface area contributed by atoms with Gasteiger partial charge in [0.1, 0.15) is 18.2 Å². The van der Waals surface area contributed by atoms with Gasteiger partial charge in [-0.2, -0.15) is 5.26 Å². The van der Waals surface area contributed by atoms with Crippen LogP contribution >= 0.6 is 0 Å². The molecule has 0 aliphatic rings. The molecule has 0 aliphatic heterocycles. The molecule has 2 aromatic carbocycles. The average Bonchev–Trinajstić information content (AvgIpc) is 3.04. The Hall–Kier alpha value is -3.85. The van der Waals surface area contributed by atoms with Gasteiger partial charge in [0.25, 0.3) is 5.91 Å². The van der Waals surface area contributed by atoms with E-state index in [9.17, 15) is 14.9 Å². The Morgan fingerprint density at radius 2 is 1.86 bits per heavy atom. The summed E-state index contributed by atoms with van der Waals surface area (Å²) >= 11 is 0. The summed E-state index contributed by atoms with van der Waals surface area (Å²) in [5.41, 5.74) is 2.09.